The number of hydrogen-bond donors (Lipinski definition) is 1. The molecule has 4 heteroatoms. The number of para-hydroxylation sites is 1. The van der Waals surface area contributed by atoms with E-state index in [9.17, 15) is 4.79 Å². The summed E-state index contributed by atoms with van der Waals surface area (Å²) in [7, 11) is 1.48. The molecular formula is C17H15NO3. The summed E-state index contributed by atoms with van der Waals surface area (Å²) in [5.74, 6) is -0.596. The highest BCUT2D eigenvalue weighted by Crippen LogP contribution is 2.22. The van der Waals surface area contributed by atoms with Gasteiger partial charge in [-0.25, -0.2) is 4.79 Å². The SMILES string of the molecule is COc1cc(Cn2ccc3ccccc32)ccc1C(=O)O. The second-order valence-electron chi connectivity index (χ2n) is 4.84. The lowest BCUT2D eigenvalue weighted by Crippen LogP contribution is -2.03. The van der Waals surface area contributed by atoms with Crippen LogP contribution in [-0.2, 0) is 6.54 Å². The van der Waals surface area contributed by atoms with Crippen LogP contribution in [0, 0.1) is 0 Å². The number of ether oxygens (including phenoxy) is 1. The molecule has 0 radical (unpaired) electrons. The summed E-state index contributed by atoms with van der Waals surface area (Å²) in [6, 6.07) is 15.4. The number of aromatic nitrogens is 1. The van der Waals surface area contributed by atoms with Crippen LogP contribution in [0.5, 0.6) is 5.75 Å². The summed E-state index contributed by atoms with van der Waals surface area (Å²) >= 11 is 0. The van der Waals surface area contributed by atoms with E-state index in [0.29, 0.717) is 12.3 Å². The third kappa shape index (κ3) is 2.48. The minimum absolute atomic E-state index is 0.179. The molecule has 0 saturated heterocycles. The first kappa shape index (κ1) is 13.2. The molecule has 0 amide bonds. The third-order valence-corrected chi connectivity index (χ3v) is 3.53. The molecule has 1 heterocycles. The van der Waals surface area contributed by atoms with Crippen molar-refractivity contribution in [2.24, 2.45) is 0 Å². The van der Waals surface area contributed by atoms with Crippen molar-refractivity contribution < 1.29 is 14.6 Å². The zero-order valence-electron chi connectivity index (χ0n) is 11.6. The fourth-order valence-electron chi connectivity index (χ4n) is 2.49. The Labute approximate surface area is 122 Å². The van der Waals surface area contributed by atoms with Gasteiger partial charge >= 0.3 is 5.97 Å². The van der Waals surface area contributed by atoms with Crippen molar-refractivity contribution in [2.45, 2.75) is 6.54 Å². The maximum absolute atomic E-state index is 11.1. The largest absolute Gasteiger partial charge is 0.496 e. The number of aromatic carboxylic acids is 1. The van der Waals surface area contributed by atoms with Crippen molar-refractivity contribution in [2.75, 3.05) is 7.11 Å². The molecule has 0 aliphatic heterocycles. The van der Waals surface area contributed by atoms with Crippen molar-refractivity contribution in [1.82, 2.24) is 4.57 Å². The fraction of sp³-hybridized carbons (Fsp3) is 0.118. The maximum atomic E-state index is 11.1. The molecule has 0 unspecified atom stereocenters. The topological polar surface area (TPSA) is 51.5 Å². The van der Waals surface area contributed by atoms with Gasteiger partial charge in [0, 0.05) is 18.3 Å². The summed E-state index contributed by atoms with van der Waals surface area (Å²) in [6.07, 6.45) is 2.03. The molecule has 4 nitrogen and oxygen atoms in total. The van der Waals surface area contributed by atoms with Gasteiger partial charge in [-0.2, -0.15) is 0 Å². The number of fused-ring (bicyclic) bond motifs is 1. The average molecular weight is 281 g/mol. The van der Waals surface area contributed by atoms with Gasteiger partial charge in [-0.05, 0) is 35.2 Å². The molecule has 3 aromatic rings. The van der Waals surface area contributed by atoms with Gasteiger partial charge in [0.15, 0.2) is 0 Å². The van der Waals surface area contributed by atoms with Crippen LogP contribution in [-0.4, -0.2) is 22.8 Å². The molecule has 1 aromatic heterocycles. The van der Waals surface area contributed by atoms with Gasteiger partial charge in [0.1, 0.15) is 11.3 Å². The Morgan fingerprint density at radius 1 is 1.19 bits per heavy atom. The van der Waals surface area contributed by atoms with Crippen molar-refractivity contribution in [3.8, 4) is 5.75 Å². The first-order valence-electron chi connectivity index (χ1n) is 6.63. The minimum atomic E-state index is -0.982. The first-order valence-corrected chi connectivity index (χ1v) is 6.63. The Morgan fingerprint density at radius 3 is 2.76 bits per heavy atom. The first-order chi connectivity index (χ1) is 10.2. The molecule has 21 heavy (non-hydrogen) atoms. The number of carbonyl (C=O) groups is 1. The molecule has 0 atom stereocenters. The van der Waals surface area contributed by atoms with E-state index in [-0.39, 0.29) is 5.56 Å². The number of carboxylic acids is 1. The Hall–Kier alpha value is -2.75. The summed E-state index contributed by atoms with van der Waals surface area (Å²) in [5, 5.41) is 10.3. The summed E-state index contributed by atoms with van der Waals surface area (Å²) in [4.78, 5) is 11.1. The standard InChI is InChI=1S/C17H15NO3/c1-21-16-10-12(6-7-14(16)17(19)20)11-18-9-8-13-4-2-3-5-15(13)18/h2-10H,11H2,1H3,(H,19,20). The molecule has 0 bridgehead atoms. The van der Waals surface area contributed by atoms with Crippen LogP contribution in [0.25, 0.3) is 10.9 Å². The van der Waals surface area contributed by atoms with E-state index >= 15 is 0 Å². The van der Waals surface area contributed by atoms with Gasteiger partial charge in [-0.15, -0.1) is 0 Å². The predicted molar refractivity (Wildman–Crippen MR) is 81.0 cm³/mol. The van der Waals surface area contributed by atoms with E-state index in [1.165, 1.54) is 12.5 Å². The van der Waals surface area contributed by atoms with E-state index in [1.807, 2.05) is 24.4 Å². The lowest BCUT2D eigenvalue weighted by molar-refractivity contribution is 0.0693. The van der Waals surface area contributed by atoms with Crippen LogP contribution in [0.3, 0.4) is 0 Å². The van der Waals surface area contributed by atoms with Gasteiger partial charge in [-0.3, -0.25) is 0 Å². The number of hydrogen-bond acceptors (Lipinski definition) is 2. The predicted octanol–water partition coefficient (Wildman–Crippen LogP) is 3.40. The van der Waals surface area contributed by atoms with Crippen LogP contribution in [0.15, 0.2) is 54.7 Å². The molecular weight excluding hydrogens is 266 g/mol. The van der Waals surface area contributed by atoms with Crippen molar-refractivity contribution >= 4 is 16.9 Å². The minimum Gasteiger partial charge on any atom is -0.496 e. The van der Waals surface area contributed by atoms with Gasteiger partial charge in [0.25, 0.3) is 0 Å². The molecule has 0 saturated carbocycles. The molecule has 0 spiro atoms. The Balaban J connectivity index is 1.96. The van der Waals surface area contributed by atoms with Crippen LogP contribution in [0.4, 0.5) is 0 Å². The van der Waals surface area contributed by atoms with Crippen LogP contribution in [0.1, 0.15) is 15.9 Å². The molecule has 0 aliphatic rings. The quantitative estimate of drug-likeness (QED) is 0.797. The highest BCUT2D eigenvalue weighted by Gasteiger charge is 2.11. The smallest absolute Gasteiger partial charge is 0.339 e. The molecule has 3 rings (SSSR count). The highest BCUT2D eigenvalue weighted by atomic mass is 16.5. The number of benzene rings is 2. The second kappa shape index (κ2) is 5.32. The average Bonchev–Trinajstić information content (AvgIpc) is 2.90. The Kier molecular flexibility index (Phi) is 3.36. The van der Waals surface area contributed by atoms with Gasteiger partial charge in [0.05, 0.1) is 7.11 Å². The van der Waals surface area contributed by atoms with Crippen molar-refractivity contribution in [3.63, 3.8) is 0 Å². The molecule has 0 fully saturated rings. The lowest BCUT2D eigenvalue weighted by Gasteiger charge is -2.09. The van der Waals surface area contributed by atoms with Crippen LogP contribution < -0.4 is 4.74 Å². The summed E-state index contributed by atoms with van der Waals surface area (Å²) in [5.41, 5.74) is 2.33. The molecule has 0 aliphatic carbocycles. The van der Waals surface area contributed by atoms with Gasteiger partial charge in [-0.1, -0.05) is 24.3 Å². The number of carboxylic acid groups (broad SMARTS) is 1. The summed E-state index contributed by atoms with van der Waals surface area (Å²) in [6.45, 7) is 0.670. The van der Waals surface area contributed by atoms with E-state index in [2.05, 4.69) is 22.8 Å². The Bertz CT molecular complexity index is 805. The number of methoxy groups -OCH3 is 1. The molecule has 106 valence electrons. The lowest BCUT2D eigenvalue weighted by atomic mass is 10.1. The van der Waals surface area contributed by atoms with E-state index in [0.717, 1.165) is 11.1 Å². The monoisotopic (exact) mass is 281 g/mol. The number of rotatable bonds is 4. The highest BCUT2D eigenvalue weighted by molar-refractivity contribution is 5.91. The van der Waals surface area contributed by atoms with Gasteiger partial charge in [0.2, 0.25) is 0 Å². The van der Waals surface area contributed by atoms with Crippen LogP contribution >= 0.6 is 0 Å². The van der Waals surface area contributed by atoms with E-state index < -0.39 is 5.97 Å². The van der Waals surface area contributed by atoms with E-state index in [4.69, 9.17) is 9.84 Å². The Morgan fingerprint density at radius 2 is 2.00 bits per heavy atom. The zero-order chi connectivity index (χ0) is 14.8. The number of nitrogens with zero attached hydrogens (tertiary/aromatic N) is 1. The normalized spacial score (nSPS) is 10.7. The molecule has 1 N–H and O–H groups in total. The van der Waals surface area contributed by atoms with Crippen molar-refractivity contribution in [1.29, 1.82) is 0 Å². The van der Waals surface area contributed by atoms with Crippen LogP contribution in [0.2, 0.25) is 0 Å². The van der Waals surface area contributed by atoms with E-state index in [1.54, 1.807) is 12.1 Å². The summed E-state index contributed by atoms with van der Waals surface area (Å²) < 4.78 is 7.29. The van der Waals surface area contributed by atoms with Crippen molar-refractivity contribution in [3.05, 3.63) is 65.9 Å². The zero-order valence-corrected chi connectivity index (χ0v) is 11.6. The maximum Gasteiger partial charge on any atom is 0.339 e. The van der Waals surface area contributed by atoms with Gasteiger partial charge < -0.3 is 14.4 Å². The fourth-order valence-corrected chi connectivity index (χ4v) is 2.49. The second-order valence-corrected chi connectivity index (χ2v) is 4.84. The molecule has 2 aromatic carbocycles. The third-order valence-electron chi connectivity index (χ3n) is 3.53.